The van der Waals surface area contributed by atoms with Gasteiger partial charge in [-0.05, 0) is 23.6 Å². The summed E-state index contributed by atoms with van der Waals surface area (Å²) in [5, 5.41) is 12.2. The third-order valence-corrected chi connectivity index (χ3v) is 3.77. The summed E-state index contributed by atoms with van der Waals surface area (Å²) in [6, 6.07) is 6.66. The van der Waals surface area contributed by atoms with Crippen LogP contribution in [0.2, 0.25) is 5.02 Å². The Morgan fingerprint density at radius 1 is 1.41 bits per heavy atom. The minimum atomic E-state index is -0.441. The SMILES string of the molecule is COc1ccc(Cl)c(O)c1[C@H](N)c1cccs1. The molecular weight excluding hydrogens is 258 g/mol. The molecule has 0 bridgehead atoms. The molecule has 1 atom stereocenters. The van der Waals surface area contributed by atoms with Crippen molar-refractivity contribution < 1.29 is 9.84 Å². The number of hydrogen-bond acceptors (Lipinski definition) is 4. The second kappa shape index (κ2) is 4.96. The van der Waals surface area contributed by atoms with Crippen molar-refractivity contribution in [3.63, 3.8) is 0 Å². The molecule has 90 valence electrons. The minimum absolute atomic E-state index is 0.0214. The number of ether oxygens (including phenoxy) is 1. The number of aromatic hydroxyl groups is 1. The first-order chi connectivity index (χ1) is 8.15. The highest BCUT2D eigenvalue weighted by Gasteiger charge is 2.21. The molecule has 0 radical (unpaired) electrons. The van der Waals surface area contributed by atoms with Crippen molar-refractivity contribution in [2.24, 2.45) is 5.73 Å². The van der Waals surface area contributed by atoms with Crippen LogP contribution in [0.25, 0.3) is 0 Å². The number of benzene rings is 1. The molecule has 0 saturated heterocycles. The van der Waals surface area contributed by atoms with Crippen LogP contribution in [0.4, 0.5) is 0 Å². The van der Waals surface area contributed by atoms with Crippen LogP contribution < -0.4 is 10.5 Å². The van der Waals surface area contributed by atoms with E-state index in [-0.39, 0.29) is 10.8 Å². The molecule has 0 saturated carbocycles. The molecule has 3 nitrogen and oxygen atoms in total. The maximum Gasteiger partial charge on any atom is 0.143 e. The normalized spacial score (nSPS) is 12.4. The van der Waals surface area contributed by atoms with Gasteiger partial charge in [0.1, 0.15) is 11.5 Å². The average Bonchev–Trinajstić information content (AvgIpc) is 2.85. The van der Waals surface area contributed by atoms with Gasteiger partial charge in [-0.3, -0.25) is 0 Å². The zero-order valence-electron chi connectivity index (χ0n) is 9.18. The van der Waals surface area contributed by atoms with Crippen LogP contribution in [0.15, 0.2) is 29.6 Å². The van der Waals surface area contributed by atoms with Crippen molar-refractivity contribution in [3.8, 4) is 11.5 Å². The highest BCUT2D eigenvalue weighted by Crippen LogP contribution is 2.40. The van der Waals surface area contributed by atoms with Gasteiger partial charge in [0.2, 0.25) is 0 Å². The van der Waals surface area contributed by atoms with E-state index in [0.29, 0.717) is 11.3 Å². The van der Waals surface area contributed by atoms with Crippen molar-refractivity contribution in [1.82, 2.24) is 0 Å². The summed E-state index contributed by atoms with van der Waals surface area (Å²) < 4.78 is 5.21. The molecule has 0 fully saturated rings. The molecule has 0 spiro atoms. The molecule has 0 aliphatic carbocycles. The number of rotatable bonds is 3. The maximum atomic E-state index is 9.99. The monoisotopic (exact) mass is 269 g/mol. The Kier molecular flexibility index (Phi) is 3.57. The van der Waals surface area contributed by atoms with E-state index >= 15 is 0 Å². The Balaban J connectivity index is 2.53. The second-order valence-corrected chi connectivity index (χ2v) is 4.89. The van der Waals surface area contributed by atoms with Crippen LogP contribution in [0.5, 0.6) is 11.5 Å². The molecule has 2 aromatic rings. The van der Waals surface area contributed by atoms with E-state index < -0.39 is 6.04 Å². The van der Waals surface area contributed by atoms with Crippen LogP contribution in [-0.2, 0) is 0 Å². The molecular formula is C12H12ClNO2S. The highest BCUT2D eigenvalue weighted by atomic mass is 35.5. The summed E-state index contributed by atoms with van der Waals surface area (Å²) in [7, 11) is 1.54. The van der Waals surface area contributed by atoms with E-state index in [1.807, 2.05) is 17.5 Å². The van der Waals surface area contributed by atoms with Crippen LogP contribution >= 0.6 is 22.9 Å². The summed E-state index contributed by atoms with van der Waals surface area (Å²) in [5.41, 5.74) is 6.63. The summed E-state index contributed by atoms with van der Waals surface area (Å²) in [6.45, 7) is 0. The maximum absolute atomic E-state index is 9.99. The number of nitrogens with two attached hydrogens (primary N) is 1. The largest absolute Gasteiger partial charge is 0.506 e. The van der Waals surface area contributed by atoms with Gasteiger partial charge in [0.05, 0.1) is 23.7 Å². The summed E-state index contributed by atoms with van der Waals surface area (Å²) in [5.74, 6) is 0.514. The van der Waals surface area contributed by atoms with Crippen molar-refractivity contribution in [2.45, 2.75) is 6.04 Å². The third-order valence-electron chi connectivity index (χ3n) is 2.51. The second-order valence-electron chi connectivity index (χ2n) is 3.51. The van der Waals surface area contributed by atoms with Crippen molar-refractivity contribution in [2.75, 3.05) is 7.11 Å². The Morgan fingerprint density at radius 3 is 2.76 bits per heavy atom. The minimum Gasteiger partial charge on any atom is -0.506 e. The molecule has 1 aromatic carbocycles. The van der Waals surface area contributed by atoms with E-state index in [0.717, 1.165) is 4.88 Å². The third kappa shape index (κ3) is 2.24. The van der Waals surface area contributed by atoms with Gasteiger partial charge in [0.15, 0.2) is 0 Å². The van der Waals surface area contributed by atoms with Crippen molar-refractivity contribution in [3.05, 3.63) is 45.1 Å². The number of phenolic OH excluding ortho intramolecular Hbond substituents is 1. The Labute approximate surface area is 108 Å². The lowest BCUT2D eigenvalue weighted by Crippen LogP contribution is -2.12. The number of halogens is 1. The van der Waals surface area contributed by atoms with E-state index in [1.54, 1.807) is 12.1 Å². The molecule has 2 rings (SSSR count). The number of methoxy groups -OCH3 is 1. The van der Waals surface area contributed by atoms with Crippen molar-refractivity contribution >= 4 is 22.9 Å². The fourth-order valence-corrected chi connectivity index (χ4v) is 2.55. The molecule has 3 N–H and O–H groups in total. The van der Waals surface area contributed by atoms with Gasteiger partial charge >= 0.3 is 0 Å². The molecule has 0 aliphatic heterocycles. The molecule has 0 aliphatic rings. The van der Waals surface area contributed by atoms with Crippen molar-refractivity contribution in [1.29, 1.82) is 0 Å². The molecule has 1 aromatic heterocycles. The standard InChI is InChI=1S/C12H12ClNO2S/c1-16-8-5-4-7(13)12(15)10(8)11(14)9-3-2-6-17-9/h2-6,11,15H,14H2,1H3/t11-/m1/s1. The lowest BCUT2D eigenvalue weighted by molar-refractivity contribution is 0.397. The molecule has 1 heterocycles. The van der Waals surface area contributed by atoms with Gasteiger partial charge in [-0.15, -0.1) is 11.3 Å². The quantitative estimate of drug-likeness (QED) is 0.900. The lowest BCUT2D eigenvalue weighted by atomic mass is 10.0. The average molecular weight is 270 g/mol. The molecule has 5 heteroatoms. The predicted octanol–water partition coefficient (Wildman–Crippen LogP) is 3.16. The van der Waals surface area contributed by atoms with E-state index in [4.69, 9.17) is 22.1 Å². The number of thiophene rings is 1. The van der Waals surface area contributed by atoms with Gasteiger partial charge in [0, 0.05) is 4.88 Å². The Bertz CT molecular complexity index is 513. The predicted molar refractivity (Wildman–Crippen MR) is 70.0 cm³/mol. The van der Waals surface area contributed by atoms with Gasteiger partial charge in [-0.2, -0.15) is 0 Å². The lowest BCUT2D eigenvalue weighted by Gasteiger charge is -2.16. The van der Waals surface area contributed by atoms with E-state index in [1.165, 1.54) is 18.4 Å². The summed E-state index contributed by atoms with van der Waals surface area (Å²) in [6.07, 6.45) is 0. The number of phenols is 1. The summed E-state index contributed by atoms with van der Waals surface area (Å²) in [4.78, 5) is 0.945. The molecule has 17 heavy (non-hydrogen) atoms. The Morgan fingerprint density at radius 2 is 2.18 bits per heavy atom. The highest BCUT2D eigenvalue weighted by molar-refractivity contribution is 7.10. The fourth-order valence-electron chi connectivity index (χ4n) is 1.65. The van der Waals surface area contributed by atoms with Gasteiger partial charge < -0.3 is 15.6 Å². The first-order valence-electron chi connectivity index (χ1n) is 4.99. The number of hydrogen-bond donors (Lipinski definition) is 2. The van der Waals surface area contributed by atoms with Crippen LogP contribution in [0, 0.1) is 0 Å². The van der Waals surface area contributed by atoms with Gasteiger partial charge in [0.25, 0.3) is 0 Å². The zero-order chi connectivity index (χ0) is 12.4. The first-order valence-corrected chi connectivity index (χ1v) is 6.25. The zero-order valence-corrected chi connectivity index (χ0v) is 10.8. The summed E-state index contributed by atoms with van der Waals surface area (Å²) >= 11 is 7.42. The van der Waals surface area contributed by atoms with Crippen LogP contribution in [0.3, 0.4) is 0 Å². The molecule has 0 unspecified atom stereocenters. The van der Waals surface area contributed by atoms with Gasteiger partial charge in [-0.1, -0.05) is 17.7 Å². The van der Waals surface area contributed by atoms with E-state index in [9.17, 15) is 5.11 Å². The smallest absolute Gasteiger partial charge is 0.143 e. The fraction of sp³-hybridized carbons (Fsp3) is 0.167. The van der Waals surface area contributed by atoms with E-state index in [2.05, 4.69) is 0 Å². The topological polar surface area (TPSA) is 55.5 Å². The first kappa shape index (κ1) is 12.2. The van der Waals surface area contributed by atoms with Gasteiger partial charge in [-0.25, -0.2) is 0 Å². The van der Waals surface area contributed by atoms with Crippen LogP contribution in [-0.4, -0.2) is 12.2 Å². The molecule has 0 amide bonds. The Hall–Kier alpha value is -1.23. The van der Waals surface area contributed by atoms with Crippen LogP contribution in [0.1, 0.15) is 16.5 Å².